The molecular weight excluding hydrogens is 512 g/mol. The van der Waals surface area contributed by atoms with Crippen molar-refractivity contribution in [2.45, 2.75) is 11.8 Å². The van der Waals surface area contributed by atoms with Gasteiger partial charge in [0, 0.05) is 34.1 Å². The molecule has 6 aromatic rings. The van der Waals surface area contributed by atoms with Crippen LogP contribution in [0.2, 0.25) is 0 Å². The fraction of sp³-hybridized carbons (Fsp3) is 0.0500. The van der Waals surface area contributed by atoms with Crippen molar-refractivity contribution >= 4 is 11.6 Å². The highest BCUT2D eigenvalue weighted by Gasteiger charge is 2.41. The maximum atomic E-state index is 13.6. The molecule has 0 fully saturated rings. The zero-order valence-electron chi connectivity index (χ0n) is 22.8. The summed E-state index contributed by atoms with van der Waals surface area (Å²) in [6.45, 7) is 0. The van der Waals surface area contributed by atoms with Gasteiger partial charge in [0.2, 0.25) is 0 Å². The summed E-state index contributed by atoms with van der Waals surface area (Å²) < 4.78 is 0. The number of ketones is 2. The highest BCUT2D eigenvalue weighted by atomic mass is 16.1. The van der Waals surface area contributed by atoms with Crippen molar-refractivity contribution in [1.29, 1.82) is 0 Å². The van der Waals surface area contributed by atoms with E-state index in [0.717, 1.165) is 11.1 Å². The summed E-state index contributed by atoms with van der Waals surface area (Å²) in [5.74, 6) is 0.0561. The second-order valence-corrected chi connectivity index (χ2v) is 11.1. The van der Waals surface area contributed by atoms with E-state index in [2.05, 4.69) is 72.8 Å². The summed E-state index contributed by atoms with van der Waals surface area (Å²) in [5, 5.41) is 0. The molecule has 198 valence electrons. The van der Waals surface area contributed by atoms with Gasteiger partial charge in [0.05, 0.1) is 0 Å². The van der Waals surface area contributed by atoms with Gasteiger partial charge in [-0.3, -0.25) is 9.59 Å². The molecule has 0 saturated heterocycles. The Labute approximate surface area is 244 Å². The SMILES string of the molecule is O=C(c1ccccc1)c1ccc2c(c1)C(C1c3ccccc3-c3ccc(C(=O)c4ccccc4)cc31)c1ccccc1-2. The van der Waals surface area contributed by atoms with E-state index in [1.807, 2.05) is 72.8 Å². The third kappa shape index (κ3) is 3.73. The van der Waals surface area contributed by atoms with Gasteiger partial charge in [-0.2, -0.15) is 0 Å². The normalized spacial score (nSPS) is 15.8. The number of rotatable bonds is 5. The quantitative estimate of drug-likeness (QED) is 0.205. The lowest BCUT2D eigenvalue weighted by Gasteiger charge is -2.24. The Morgan fingerprint density at radius 3 is 1.12 bits per heavy atom. The smallest absolute Gasteiger partial charge is 0.193 e. The van der Waals surface area contributed by atoms with Gasteiger partial charge in [0.1, 0.15) is 0 Å². The van der Waals surface area contributed by atoms with Gasteiger partial charge in [-0.15, -0.1) is 0 Å². The molecule has 0 amide bonds. The first-order valence-electron chi connectivity index (χ1n) is 14.3. The molecule has 6 aromatic carbocycles. The van der Waals surface area contributed by atoms with E-state index < -0.39 is 0 Å². The molecule has 0 saturated carbocycles. The zero-order valence-corrected chi connectivity index (χ0v) is 22.8. The van der Waals surface area contributed by atoms with Crippen LogP contribution in [-0.2, 0) is 0 Å². The first kappa shape index (κ1) is 24.5. The largest absolute Gasteiger partial charge is 0.289 e. The van der Waals surface area contributed by atoms with Crippen molar-refractivity contribution in [3.63, 3.8) is 0 Å². The number of carbonyl (C=O) groups excluding carboxylic acids is 2. The Morgan fingerprint density at radius 2 is 0.690 bits per heavy atom. The molecule has 0 aliphatic heterocycles. The molecule has 0 N–H and O–H groups in total. The Balaban J connectivity index is 1.32. The lowest BCUT2D eigenvalue weighted by atomic mass is 9.77. The van der Waals surface area contributed by atoms with E-state index in [1.165, 1.54) is 33.4 Å². The third-order valence-corrected chi connectivity index (χ3v) is 8.87. The van der Waals surface area contributed by atoms with Gasteiger partial charge < -0.3 is 0 Å². The highest BCUT2D eigenvalue weighted by Crippen LogP contribution is 2.58. The average molecular weight is 539 g/mol. The standard InChI is InChI=1S/C40H26O2/c41-39(25-11-3-1-4-12-25)27-19-21-31-29-15-7-9-17-33(29)37(35(31)23-27)38-34-18-10-8-16-30(34)32-22-20-28(24-36(32)38)40(42)26-13-5-2-6-14-26/h1-24,37-38H. The number of hydrogen-bond donors (Lipinski definition) is 0. The fourth-order valence-corrected chi connectivity index (χ4v) is 7.01. The molecule has 2 heteroatoms. The molecule has 8 rings (SSSR count). The number of fused-ring (bicyclic) bond motifs is 6. The first-order valence-corrected chi connectivity index (χ1v) is 14.3. The van der Waals surface area contributed by atoms with Gasteiger partial charge >= 0.3 is 0 Å². The summed E-state index contributed by atoms with van der Waals surface area (Å²) in [4.78, 5) is 27.1. The van der Waals surface area contributed by atoms with Crippen LogP contribution >= 0.6 is 0 Å². The second kappa shape index (κ2) is 9.64. The van der Waals surface area contributed by atoms with E-state index in [4.69, 9.17) is 0 Å². The molecule has 2 unspecified atom stereocenters. The van der Waals surface area contributed by atoms with Crippen molar-refractivity contribution < 1.29 is 9.59 Å². The molecular formula is C40H26O2. The number of benzene rings is 6. The van der Waals surface area contributed by atoms with Crippen molar-refractivity contribution in [1.82, 2.24) is 0 Å². The van der Waals surface area contributed by atoms with Crippen LogP contribution in [0.1, 0.15) is 65.9 Å². The molecule has 2 nitrogen and oxygen atoms in total. The van der Waals surface area contributed by atoms with E-state index >= 15 is 0 Å². The van der Waals surface area contributed by atoms with Crippen LogP contribution < -0.4 is 0 Å². The van der Waals surface area contributed by atoms with Crippen molar-refractivity contribution in [3.8, 4) is 22.3 Å². The van der Waals surface area contributed by atoms with Crippen LogP contribution in [0.5, 0.6) is 0 Å². The van der Waals surface area contributed by atoms with Crippen molar-refractivity contribution in [2.75, 3.05) is 0 Å². The summed E-state index contributed by atoms with van der Waals surface area (Å²) in [5.41, 5.74) is 12.3. The zero-order chi connectivity index (χ0) is 28.2. The summed E-state index contributed by atoms with van der Waals surface area (Å²) in [7, 11) is 0. The highest BCUT2D eigenvalue weighted by molar-refractivity contribution is 6.10. The topological polar surface area (TPSA) is 34.1 Å². The van der Waals surface area contributed by atoms with E-state index in [1.54, 1.807) is 0 Å². The third-order valence-electron chi connectivity index (χ3n) is 8.87. The molecule has 0 aromatic heterocycles. The van der Waals surface area contributed by atoms with E-state index in [9.17, 15) is 9.59 Å². The molecule has 0 heterocycles. The van der Waals surface area contributed by atoms with Gasteiger partial charge in [0.25, 0.3) is 0 Å². The number of carbonyl (C=O) groups is 2. The number of hydrogen-bond acceptors (Lipinski definition) is 2. The maximum Gasteiger partial charge on any atom is 0.193 e. The molecule has 42 heavy (non-hydrogen) atoms. The Bertz CT molecular complexity index is 1870. The van der Waals surface area contributed by atoms with Gasteiger partial charge in [-0.05, 0) is 56.6 Å². The van der Waals surface area contributed by atoms with Crippen LogP contribution in [0.3, 0.4) is 0 Å². The summed E-state index contributed by atoms with van der Waals surface area (Å²) in [6.07, 6.45) is 0. The van der Waals surface area contributed by atoms with E-state index in [-0.39, 0.29) is 23.4 Å². The predicted octanol–water partition coefficient (Wildman–Crippen LogP) is 9.07. The molecule has 2 aliphatic carbocycles. The summed E-state index contributed by atoms with van der Waals surface area (Å²) >= 11 is 0. The molecule has 0 radical (unpaired) electrons. The Kier molecular flexibility index (Phi) is 5.61. The molecule has 0 spiro atoms. The van der Waals surface area contributed by atoms with Gasteiger partial charge in [0.15, 0.2) is 11.6 Å². The minimum atomic E-state index is 0.00389. The predicted molar refractivity (Wildman–Crippen MR) is 167 cm³/mol. The monoisotopic (exact) mass is 538 g/mol. The average Bonchev–Trinajstić information content (AvgIpc) is 3.56. The molecule has 0 bridgehead atoms. The van der Waals surface area contributed by atoms with E-state index in [0.29, 0.717) is 22.3 Å². The summed E-state index contributed by atoms with van der Waals surface area (Å²) in [6, 6.07) is 48.5. The fourth-order valence-electron chi connectivity index (χ4n) is 7.01. The van der Waals surface area contributed by atoms with Crippen molar-refractivity contribution in [2.24, 2.45) is 0 Å². The second-order valence-electron chi connectivity index (χ2n) is 11.1. The Morgan fingerprint density at radius 1 is 0.333 bits per heavy atom. The first-order chi connectivity index (χ1) is 20.7. The lowest BCUT2D eigenvalue weighted by molar-refractivity contribution is 0.103. The molecule has 2 atom stereocenters. The van der Waals surface area contributed by atoms with Crippen LogP contribution in [-0.4, -0.2) is 11.6 Å². The van der Waals surface area contributed by atoms with Crippen molar-refractivity contribution in [3.05, 3.63) is 190 Å². The van der Waals surface area contributed by atoms with Gasteiger partial charge in [-0.25, -0.2) is 0 Å². The lowest BCUT2D eigenvalue weighted by Crippen LogP contribution is -2.12. The van der Waals surface area contributed by atoms with Crippen LogP contribution in [0, 0.1) is 0 Å². The van der Waals surface area contributed by atoms with Crippen LogP contribution in [0.15, 0.2) is 146 Å². The van der Waals surface area contributed by atoms with Crippen LogP contribution in [0.25, 0.3) is 22.3 Å². The minimum Gasteiger partial charge on any atom is -0.289 e. The maximum absolute atomic E-state index is 13.6. The minimum absolute atomic E-state index is 0.00389. The van der Waals surface area contributed by atoms with Crippen LogP contribution in [0.4, 0.5) is 0 Å². The van der Waals surface area contributed by atoms with Gasteiger partial charge in [-0.1, -0.05) is 133 Å². The Hall–Kier alpha value is -5.34. The molecule has 2 aliphatic rings.